The predicted molar refractivity (Wildman–Crippen MR) is 156 cm³/mol. The fraction of sp³-hybridized carbons (Fsp3) is 0.207. The summed E-state index contributed by atoms with van der Waals surface area (Å²) in [5, 5.41) is 12.0. The van der Waals surface area contributed by atoms with Crippen molar-refractivity contribution in [3.63, 3.8) is 0 Å². The van der Waals surface area contributed by atoms with Crippen LogP contribution in [0, 0.1) is 5.82 Å². The van der Waals surface area contributed by atoms with Crippen LogP contribution >= 0.6 is 0 Å². The van der Waals surface area contributed by atoms with Crippen LogP contribution in [0.2, 0.25) is 0 Å². The van der Waals surface area contributed by atoms with Crippen molar-refractivity contribution in [1.29, 1.82) is 0 Å². The number of rotatable bonds is 11. The van der Waals surface area contributed by atoms with E-state index in [4.69, 9.17) is 0 Å². The number of hydrogen-bond acceptors (Lipinski definition) is 9. The van der Waals surface area contributed by atoms with Crippen molar-refractivity contribution >= 4 is 40.7 Å². The van der Waals surface area contributed by atoms with E-state index in [2.05, 4.69) is 42.3 Å². The monoisotopic (exact) mass is 666 g/mol. The maximum Gasteiger partial charge on any atom is 0.491 e. The third-order valence-electron chi connectivity index (χ3n) is 6.16. The van der Waals surface area contributed by atoms with Gasteiger partial charge in [0.15, 0.2) is 5.76 Å². The number of amides is 1. The molecule has 4 aromatic rings. The van der Waals surface area contributed by atoms with Gasteiger partial charge in [0.25, 0.3) is 5.91 Å². The molecule has 2 aromatic heterocycles. The molecule has 0 spiro atoms. The van der Waals surface area contributed by atoms with Gasteiger partial charge in [-0.3, -0.25) is 9.48 Å². The molecule has 2 aromatic carbocycles. The molecule has 0 aliphatic heterocycles. The quantitative estimate of drug-likeness (QED) is 0.0753. The number of halogens is 7. The Balaban J connectivity index is 1.63. The van der Waals surface area contributed by atoms with E-state index in [1.54, 1.807) is 10.9 Å². The van der Waals surface area contributed by atoms with Crippen LogP contribution in [-0.4, -0.2) is 63.3 Å². The lowest BCUT2D eigenvalue weighted by molar-refractivity contribution is -0.195. The number of alkyl halides is 6. The van der Waals surface area contributed by atoms with Gasteiger partial charge in [0.2, 0.25) is 5.95 Å². The molecule has 1 amide bonds. The first-order chi connectivity index (χ1) is 22.0. The van der Waals surface area contributed by atoms with Gasteiger partial charge < -0.3 is 25.6 Å². The van der Waals surface area contributed by atoms with Gasteiger partial charge in [0.1, 0.15) is 11.6 Å². The van der Waals surface area contributed by atoms with Crippen LogP contribution < -0.4 is 16.0 Å². The molecule has 0 radical (unpaired) electrons. The van der Waals surface area contributed by atoms with Gasteiger partial charge in [-0.15, -0.1) is 0 Å². The van der Waals surface area contributed by atoms with E-state index in [0.717, 1.165) is 30.3 Å². The average molecular weight is 667 g/mol. The summed E-state index contributed by atoms with van der Waals surface area (Å²) >= 11 is 0. The van der Waals surface area contributed by atoms with E-state index >= 15 is 0 Å². The summed E-state index contributed by atoms with van der Waals surface area (Å²) < 4.78 is 97.5. The van der Waals surface area contributed by atoms with Crippen LogP contribution in [0.15, 0.2) is 73.4 Å². The molecule has 0 atom stereocenters. The number of nitrogens with one attached hydrogen (secondary N) is 3. The minimum atomic E-state index is -5.38. The fourth-order valence-corrected chi connectivity index (χ4v) is 3.81. The Hall–Kier alpha value is -5.52. The van der Waals surface area contributed by atoms with Crippen molar-refractivity contribution in [3.8, 4) is 11.1 Å². The third-order valence-corrected chi connectivity index (χ3v) is 6.16. The van der Waals surface area contributed by atoms with Gasteiger partial charge in [-0.1, -0.05) is 18.7 Å². The predicted octanol–water partition coefficient (Wildman–Crippen LogP) is 6.10. The van der Waals surface area contributed by atoms with Crippen LogP contribution in [0.25, 0.3) is 11.1 Å². The number of likely N-dealkylation sites (N-methyl/N-ethyl adjacent to an activating group) is 1. The Morgan fingerprint density at radius 1 is 0.979 bits per heavy atom. The highest BCUT2D eigenvalue weighted by molar-refractivity contribution is 6.03. The molecular formula is C29H25F7N8O3. The lowest BCUT2D eigenvalue weighted by Gasteiger charge is -2.15. The standard InChI is InChI=1S/C29H25F7N8O3/c1-16(47-26(46)29(34,35)36)25(45)39-19-8-9-22(30)23(12-19)41-24-21(17-4-6-18(7-5-17)28(31,32)33)14-37-27(42-24)40-20-13-38-44(15-20)11-10-43(2)3/h4-9,12-15H,1,10-11H2,2-3H3,(H,39,45)(H2,37,40,41,42). The van der Waals surface area contributed by atoms with Crippen LogP contribution in [0.1, 0.15) is 5.56 Å². The zero-order chi connectivity index (χ0) is 34.5. The molecule has 11 nitrogen and oxygen atoms in total. The average Bonchev–Trinajstić information content (AvgIpc) is 3.44. The first kappa shape index (κ1) is 34.4. The number of ether oxygens (including phenoxy) is 1. The lowest BCUT2D eigenvalue weighted by Crippen LogP contribution is -2.28. The number of hydrogen-bond donors (Lipinski definition) is 3. The molecule has 0 saturated carbocycles. The molecule has 3 N–H and O–H groups in total. The minimum Gasteiger partial charge on any atom is -0.415 e. The molecule has 0 fully saturated rings. The zero-order valence-corrected chi connectivity index (χ0v) is 24.5. The largest absolute Gasteiger partial charge is 0.491 e. The third kappa shape index (κ3) is 9.25. The van der Waals surface area contributed by atoms with Gasteiger partial charge in [-0.05, 0) is 50.0 Å². The Morgan fingerprint density at radius 3 is 2.32 bits per heavy atom. The first-order valence-corrected chi connectivity index (χ1v) is 13.3. The summed E-state index contributed by atoms with van der Waals surface area (Å²) in [6.07, 6.45) is -5.47. The summed E-state index contributed by atoms with van der Waals surface area (Å²) in [5.41, 5.74) is -0.479. The Labute approximate surface area is 262 Å². The van der Waals surface area contributed by atoms with Crippen LogP contribution in [0.4, 0.5) is 59.6 Å². The first-order valence-electron chi connectivity index (χ1n) is 13.3. The van der Waals surface area contributed by atoms with E-state index in [9.17, 15) is 40.3 Å². The number of anilines is 5. The molecule has 0 bridgehead atoms. The number of esters is 1. The van der Waals surface area contributed by atoms with Gasteiger partial charge in [-0.2, -0.15) is 36.4 Å². The van der Waals surface area contributed by atoms with Crippen molar-refractivity contribution in [1.82, 2.24) is 24.6 Å². The van der Waals surface area contributed by atoms with Gasteiger partial charge in [0, 0.05) is 30.2 Å². The number of carbonyl (C=O) groups excluding carboxylic acids is 2. The highest BCUT2D eigenvalue weighted by atomic mass is 19.4. The van der Waals surface area contributed by atoms with E-state index in [1.165, 1.54) is 24.5 Å². The number of nitrogens with zero attached hydrogens (tertiary/aromatic N) is 5. The van der Waals surface area contributed by atoms with E-state index in [1.807, 2.05) is 19.0 Å². The molecule has 18 heteroatoms. The summed E-state index contributed by atoms with van der Waals surface area (Å²) in [7, 11) is 3.81. The fourth-order valence-electron chi connectivity index (χ4n) is 3.81. The van der Waals surface area contributed by atoms with Crippen LogP contribution in [-0.2, 0) is 27.0 Å². The normalized spacial score (nSPS) is 11.7. The Morgan fingerprint density at radius 2 is 1.68 bits per heavy atom. The second kappa shape index (κ2) is 13.9. The summed E-state index contributed by atoms with van der Waals surface area (Å²) in [6, 6.07) is 7.07. The summed E-state index contributed by atoms with van der Waals surface area (Å²) in [4.78, 5) is 33.9. The Kier molecular flexibility index (Phi) is 10.1. The van der Waals surface area contributed by atoms with Gasteiger partial charge in [0.05, 0.1) is 29.7 Å². The van der Waals surface area contributed by atoms with Gasteiger partial charge >= 0.3 is 18.3 Å². The number of carbonyl (C=O) groups is 2. The SMILES string of the molecule is C=C(OC(=O)C(F)(F)F)C(=O)Nc1ccc(F)c(Nc2nc(Nc3cnn(CCN(C)C)c3)ncc2-c2ccc(C(F)(F)F)cc2)c1. The molecular weight excluding hydrogens is 641 g/mol. The number of benzene rings is 2. The molecule has 0 saturated heterocycles. The van der Waals surface area contributed by atoms with Crippen molar-refractivity contribution in [2.45, 2.75) is 18.9 Å². The minimum absolute atomic E-state index is 0.00275. The Bertz CT molecular complexity index is 1770. The number of aromatic nitrogens is 4. The molecule has 4 rings (SSSR count). The smallest absolute Gasteiger partial charge is 0.415 e. The second-order valence-corrected chi connectivity index (χ2v) is 10.0. The van der Waals surface area contributed by atoms with Crippen molar-refractivity contribution < 1.29 is 45.1 Å². The van der Waals surface area contributed by atoms with E-state index in [0.29, 0.717) is 18.8 Å². The van der Waals surface area contributed by atoms with Crippen LogP contribution in [0.5, 0.6) is 0 Å². The molecule has 248 valence electrons. The van der Waals surface area contributed by atoms with Crippen molar-refractivity contribution in [3.05, 3.63) is 84.8 Å². The molecule has 47 heavy (non-hydrogen) atoms. The zero-order valence-electron chi connectivity index (χ0n) is 24.5. The topological polar surface area (TPSA) is 126 Å². The van der Waals surface area contributed by atoms with Crippen molar-refractivity contribution in [2.75, 3.05) is 36.6 Å². The second-order valence-electron chi connectivity index (χ2n) is 10.0. The van der Waals surface area contributed by atoms with E-state index < -0.39 is 41.4 Å². The molecule has 0 unspecified atom stereocenters. The molecule has 0 aliphatic carbocycles. The summed E-state index contributed by atoms with van der Waals surface area (Å²) in [5.74, 6) is -6.11. The maximum absolute atomic E-state index is 15.0. The highest BCUT2D eigenvalue weighted by Gasteiger charge is 2.42. The summed E-state index contributed by atoms with van der Waals surface area (Å²) in [6.45, 7) is 4.29. The van der Waals surface area contributed by atoms with Crippen molar-refractivity contribution in [2.24, 2.45) is 0 Å². The highest BCUT2D eigenvalue weighted by Crippen LogP contribution is 2.35. The maximum atomic E-state index is 15.0. The lowest BCUT2D eigenvalue weighted by atomic mass is 10.1. The molecule has 2 heterocycles. The van der Waals surface area contributed by atoms with Crippen LogP contribution in [0.3, 0.4) is 0 Å². The van der Waals surface area contributed by atoms with Gasteiger partial charge in [-0.25, -0.2) is 14.2 Å². The van der Waals surface area contributed by atoms with E-state index in [-0.39, 0.29) is 34.3 Å². The molecule has 0 aliphatic rings.